The van der Waals surface area contributed by atoms with Crippen LogP contribution >= 0.6 is 0 Å². The number of aliphatic hydroxyl groups is 1. The molecule has 102 valence electrons. The maximum atomic E-state index is 9.04. The normalized spacial score (nSPS) is 10.6. The van der Waals surface area contributed by atoms with Crippen LogP contribution in [-0.4, -0.2) is 36.3 Å². The molecule has 4 heteroatoms. The zero-order valence-corrected chi connectivity index (χ0v) is 11.5. The molecule has 1 aromatic heterocycles. The van der Waals surface area contributed by atoms with Crippen LogP contribution < -0.4 is 10.2 Å². The summed E-state index contributed by atoms with van der Waals surface area (Å²) in [6.45, 7) is 7.94. The summed E-state index contributed by atoms with van der Waals surface area (Å²) in [6.07, 6.45) is 4.12. The lowest BCUT2D eigenvalue weighted by Crippen LogP contribution is -2.28. The Labute approximate surface area is 110 Å². The van der Waals surface area contributed by atoms with Crippen molar-refractivity contribution in [3.63, 3.8) is 0 Å². The number of aromatic nitrogens is 1. The van der Waals surface area contributed by atoms with E-state index in [1.54, 1.807) is 0 Å². The predicted molar refractivity (Wildman–Crippen MR) is 75.8 cm³/mol. The largest absolute Gasteiger partial charge is 0.395 e. The Kier molecular flexibility index (Phi) is 7.37. The van der Waals surface area contributed by atoms with E-state index < -0.39 is 0 Å². The summed E-state index contributed by atoms with van der Waals surface area (Å²) in [7, 11) is 0. The fourth-order valence-corrected chi connectivity index (χ4v) is 1.85. The van der Waals surface area contributed by atoms with Gasteiger partial charge in [-0.2, -0.15) is 0 Å². The second-order valence-electron chi connectivity index (χ2n) is 4.41. The number of aliphatic hydroxyl groups excluding tert-OH is 1. The molecule has 0 fully saturated rings. The molecule has 0 unspecified atom stereocenters. The van der Waals surface area contributed by atoms with Gasteiger partial charge in [0.15, 0.2) is 0 Å². The van der Waals surface area contributed by atoms with Crippen LogP contribution in [0.5, 0.6) is 0 Å². The van der Waals surface area contributed by atoms with Crippen LogP contribution in [0, 0.1) is 0 Å². The van der Waals surface area contributed by atoms with E-state index >= 15 is 0 Å². The van der Waals surface area contributed by atoms with Crippen molar-refractivity contribution in [1.29, 1.82) is 0 Å². The summed E-state index contributed by atoms with van der Waals surface area (Å²) in [5.41, 5.74) is 1.20. The summed E-state index contributed by atoms with van der Waals surface area (Å²) in [5.74, 6) is 0.949. The zero-order chi connectivity index (χ0) is 13.2. The minimum Gasteiger partial charge on any atom is -0.395 e. The molecule has 4 nitrogen and oxygen atoms in total. The molecule has 1 rings (SSSR count). The molecule has 0 saturated heterocycles. The first-order chi connectivity index (χ1) is 8.81. The van der Waals surface area contributed by atoms with Crippen molar-refractivity contribution in [3.05, 3.63) is 23.9 Å². The van der Waals surface area contributed by atoms with Crippen LogP contribution in [0.4, 0.5) is 5.82 Å². The van der Waals surface area contributed by atoms with E-state index in [4.69, 9.17) is 5.11 Å². The third-order valence-electron chi connectivity index (χ3n) is 2.75. The predicted octanol–water partition coefficient (Wildman–Crippen LogP) is 1.79. The molecule has 0 radical (unpaired) electrons. The van der Waals surface area contributed by atoms with Gasteiger partial charge < -0.3 is 15.3 Å². The lowest BCUT2D eigenvalue weighted by Gasteiger charge is -2.22. The molecule has 0 aliphatic heterocycles. The van der Waals surface area contributed by atoms with Gasteiger partial charge in [-0.05, 0) is 31.0 Å². The molecule has 0 amide bonds. The molecule has 1 aromatic rings. The van der Waals surface area contributed by atoms with E-state index in [9.17, 15) is 0 Å². The van der Waals surface area contributed by atoms with Gasteiger partial charge >= 0.3 is 0 Å². The van der Waals surface area contributed by atoms with Crippen molar-refractivity contribution in [2.45, 2.75) is 33.2 Å². The van der Waals surface area contributed by atoms with E-state index in [0.29, 0.717) is 6.54 Å². The lowest BCUT2D eigenvalue weighted by atomic mass is 10.2. The van der Waals surface area contributed by atoms with Crippen LogP contribution in [0.2, 0.25) is 0 Å². The second-order valence-corrected chi connectivity index (χ2v) is 4.41. The number of pyridine rings is 1. The van der Waals surface area contributed by atoms with E-state index in [2.05, 4.69) is 35.1 Å². The van der Waals surface area contributed by atoms with Gasteiger partial charge in [0.05, 0.1) is 6.61 Å². The van der Waals surface area contributed by atoms with Crippen molar-refractivity contribution in [2.75, 3.05) is 31.1 Å². The molecule has 2 N–H and O–H groups in total. The first kappa shape index (κ1) is 14.9. The van der Waals surface area contributed by atoms with Crippen molar-refractivity contribution in [1.82, 2.24) is 10.3 Å². The Morgan fingerprint density at radius 3 is 2.61 bits per heavy atom. The summed E-state index contributed by atoms with van der Waals surface area (Å²) in [5, 5.41) is 12.4. The Morgan fingerprint density at radius 1 is 1.22 bits per heavy atom. The second kappa shape index (κ2) is 8.89. The molecule has 0 aromatic carbocycles. The molecule has 0 bridgehead atoms. The van der Waals surface area contributed by atoms with Gasteiger partial charge in [0, 0.05) is 25.8 Å². The van der Waals surface area contributed by atoms with E-state index in [0.717, 1.165) is 38.3 Å². The number of rotatable bonds is 9. The summed E-state index contributed by atoms with van der Waals surface area (Å²) in [4.78, 5) is 6.58. The van der Waals surface area contributed by atoms with Gasteiger partial charge in [0.2, 0.25) is 0 Å². The maximum absolute atomic E-state index is 9.04. The number of nitrogens with zero attached hydrogens (tertiary/aromatic N) is 2. The quantitative estimate of drug-likeness (QED) is 0.657. The first-order valence-electron chi connectivity index (χ1n) is 6.83. The van der Waals surface area contributed by atoms with E-state index in [1.165, 1.54) is 5.56 Å². The maximum Gasteiger partial charge on any atom is 0.128 e. The topological polar surface area (TPSA) is 48.4 Å². The number of nitrogens with one attached hydrogen (secondary N) is 1. The Hall–Kier alpha value is -1.13. The highest BCUT2D eigenvalue weighted by Gasteiger charge is 2.05. The lowest BCUT2D eigenvalue weighted by molar-refractivity contribution is 0.301. The molecule has 0 aliphatic rings. The van der Waals surface area contributed by atoms with Gasteiger partial charge in [0.1, 0.15) is 5.82 Å². The standard InChI is InChI=1S/C14H25N3O/c1-3-7-15-11-13-5-6-14(16-12-13)17(8-4-2)9-10-18/h5-6,12,15,18H,3-4,7-11H2,1-2H3. The minimum absolute atomic E-state index is 0.168. The summed E-state index contributed by atoms with van der Waals surface area (Å²) >= 11 is 0. The van der Waals surface area contributed by atoms with Crippen LogP contribution in [0.15, 0.2) is 18.3 Å². The monoisotopic (exact) mass is 251 g/mol. The van der Waals surface area contributed by atoms with Crippen LogP contribution in [0.25, 0.3) is 0 Å². The minimum atomic E-state index is 0.168. The summed E-state index contributed by atoms with van der Waals surface area (Å²) < 4.78 is 0. The molecule has 0 atom stereocenters. The Morgan fingerprint density at radius 2 is 2.06 bits per heavy atom. The molecule has 0 spiro atoms. The van der Waals surface area contributed by atoms with E-state index in [1.807, 2.05) is 12.3 Å². The summed E-state index contributed by atoms with van der Waals surface area (Å²) in [6, 6.07) is 4.14. The highest BCUT2D eigenvalue weighted by molar-refractivity contribution is 5.39. The molecule has 18 heavy (non-hydrogen) atoms. The number of anilines is 1. The van der Waals surface area contributed by atoms with E-state index in [-0.39, 0.29) is 6.61 Å². The molecular formula is C14H25N3O. The Bertz CT molecular complexity index is 307. The fourth-order valence-electron chi connectivity index (χ4n) is 1.85. The van der Waals surface area contributed by atoms with Gasteiger partial charge in [0.25, 0.3) is 0 Å². The van der Waals surface area contributed by atoms with Crippen molar-refractivity contribution >= 4 is 5.82 Å². The van der Waals surface area contributed by atoms with Crippen LogP contribution in [0.3, 0.4) is 0 Å². The van der Waals surface area contributed by atoms with Gasteiger partial charge in [-0.3, -0.25) is 0 Å². The molecule has 0 saturated carbocycles. The third-order valence-corrected chi connectivity index (χ3v) is 2.75. The SMILES string of the molecule is CCCNCc1ccc(N(CCC)CCO)nc1. The van der Waals surface area contributed by atoms with Crippen LogP contribution in [0.1, 0.15) is 32.3 Å². The van der Waals surface area contributed by atoms with Gasteiger partial charge in [-0.1, -0.05) is 19.9 Å². The average Bonchev–Trinajstić information content (AvgIpc) is 2.40. The molecule has 0 aliphatic carbocycles. The highest BCUT2D eigenvalue weighted by Crippen LogP contribution is 2.11. The number of hydrogen-bond acceptors (Lipinski definition) is 4. The Balaban J connectivity index is 2.56. The highest BCUT2D eigenvalue weighted by atomic mass is 16.3. The molecular weight excluding hydrogens is 226 g/mol. The molecule has 1 heterocycles. The number of hydrogen-bond donors (Lipinski definition) is 2. The van der Waals surface area contributed by atoms with Crippen molar-refractivity contribution in [3.8, 4) is 0 Å². The first-order valence-corrected chi connectivity index (χ1v) is 6.83. The fraction of sp³-hybridized carbons (Fsp3) is 0.643. The van der Waals surface area contributed by atoms with Crippen LogP contribution in [-0.2, 0) is 6.54 Å². The average molecular weight is 251 g/mol. The van der Waals surface area contributed by atoms with Gasteiger partial charge in [-0.15, -0.1) is 0 Å². The van der Waals surface area contributed by atoms with Crippen molar-refractivity contribution in [2.24, 2.45) is 0 Å². The van der Waals surface area contributed by atoms with Crippen molar-refractivity contribution < 1.29 is 5.11 Å². The van der Waals surface area contributed by atoms with Gasteiger partial charge in [-0.25, -0.2) is 4.98 Å². The smallest absolute Gasteiger partial charge is 0.128 e. The zero-order valence-electron chi connectivity index (χ0n) is 11.5. The third kappa shape index (κ3) is 5.02.